The van der Waals surface area contributed by atoms with Crippen LogP contribution in [0.4, 0.5) is 4.39 Å². The predicted octanol–water partition coefficient (Wildman–Crippen LogP) is 4.17. The maximum absolute atomic E-state index is 14.4. The van der Waals surface area contributed by atoms with Gasteiger partial charge in [-0.3, -0.25) is 0 Å². The summed E-state index contributed by atoms with van der Waals surface area (Å²) >= 11 is 0. The number of aromatic amines is 1. The first-order chi connectivity index (χ1) is 12.3. The Hall–Kier alpha value is -2.53. The normalized spacial score (nSPS) is 16.2. The molecule has 0 unspecified atom stereocenters. The average Bonchev–Trinajstić information content (AvgIpc) is 3.31. The first-order valence-corrected chi connectivity index (χ1v) is 8.74. The van der Waals surface area contributed by atoms with E-state index in [0.29, 0.717) is 6.54 Å². The molecular formula is C20H21FN4. The molecule has 2 N–H and O–H groups in total. The number of rotatable bonds is 5. The molecule has 1 saturated carbocycles. The Bertz CT molecular complexity index is 838. The largest absolute Gasteiger partial charge is 0.301 e. The summed E-state index contributed by atoms with van der Waals surface area (Å²) in [7, 11) is 0. The van der Waals surface area contributed by atoms with E-state index >= 15 is 0 Å². The van der Waals surface area contributed by atoms with Gasteiger partial charge in [-0.2, -0.15) is 15.4 Å². The second kappa shape index (κ2) is 6.76. The molecule has 0 aliphatic heterocycles. The Morgan fingerprint density at radius 3 is 2.44 bits per heavy atom. The molecule has 0 bridgehead atoms. The molecule has 25 heavy (non-hydrogen) atoms. The van der Waals surface area contributed by atoms with Crippen LogP contribution in [0, 0.1) is 5.82 Å². The molecule has 0 amide bonds. The Morgan fingerprint density at radius 1 is 0.960 bits per heavy atom. The minimum Gasteiger partial charge on any atom is -0.301 e. The molecule has 0 spiro atoms. The zero-order valence-corrected chi connectivity index (χ0v) is 14.0. The topological polar surface area (TPSA) is 53.6 Å². The van der Waals surface area contributed by atoms with Gasteiger partial charge in [0.1, 0.15) is 17.2 Å². The van der Waals surface area contributed by atoms with Crippen molar-refractivity contribution >= 4 is 0 Å². The van der Waals surface area contributed by atoms with Crippen LogP contribution in [0.1, 0.15) is 36.9 Å². The summed E-state index contributed by atoms with van der Waals surface area (Å²) in [5.74, 6) is -0.139. The van der Waals surface area contributed by atoms with Gasteiger partial charge in [0.25, 0.3) is 0 Å². The number of nitrogens with zero attached hydrogens (tertiary/aromatic N) is 2. The van der Waals surface area contributed by atoms with Gasteiger partial charge in [0.15, 0.2) is 0 Å². The summed E-state index contributed by atoms with van der Waals surface area (Å²) in [6.07, 6.45) is 4.08. The van der Waals surface area contributed by atoms with Crippen LogP contribution in [0.5, 0.6) is 0 Å². The van der Waals surface area contributed by atoms with E-state index in [9.17, 15) is 4.39 Å². The SMILES string of the molecule is Fc1ccccc1C1(NCc2n[nH]nc2-c2ccccc2)CCCC1. The van der Waals surface area contributed by atoms with Crippen LogP contribution in [0.15, 0.2) is 54.6 Å². The lowest BCUT2D eigenvalue weighted by Gasteiger charge is -2.31. The smallest absolute Gasteiger partial charge is 0.128 e. The summed E-state index contributed by atoms with van der Waals surface area (Å²) in [6, 6.07) is 17.1. The lowest BCUT2D eigenvalue weighted by molar-refractivity contribution is 0.324. The van der Waals surface area contributed by atoms with Crippen molar-refractivity contribution in [3.63, 3.8) is 0 Å². The van der Waals surface area contributed by atoms with Crippen molar-refractivity contribution in [2.24, 2.45) is 0 Å². The van der Waals surface area contributed by atoms with Gasteiger partial charge in [-0.05, 0) is 18.9 Å². The van der Waals surface area contributed by atoms with E-state index in [2.05, 4.69) is 20.7 Å². The van der Waals surface area contributed by atoms with Crippen LogP contribution in [-0.4, -0.2) is 15.4 Å². The van der Waals surface area contributed by atoms with Crippen LogP contribution in [0.25, 0.3) is 11.3 Å². The molecule has 1 aliphatic rings. The van der Waals surface area contributed by atoms with Gasteiger partial charge in [-0.25, -0.2) is 4.39 Å². The molecular weight excluding hydrogens is 315 g/mol. The van der Waals surface area contributed by atoms with Gasteiger partial charge < -0.3 is 5.32 Å². The maximum Gasteiger partial charge on any atom is 0.128 e. The van der Waals surface area contributed by atoms with E-state index < -0.39 is 0 Å². The predicted molar refractivity (Wildman–Crippen MR) is 95.2 cm³/mol. The molecule has 1 heterocycles. The van der Waals surface area contributed by atoms with Crippen molar-refractivity contribution < 1.29 is 4.39 Å². The number of nitrogens with one attached hydrogen (secondary N) is 2. The van der Waals surface area contributed by atoms with Gasteiger partial charge in [0.05, 0.1) is 0 Å². The molecule has 1 aromatic heterocycles. The molecule has 0 radical (unpaired) electrons. The summed E-state index contributed by atoms with van der Waals surface area (Å²) in [5, 5.41) is 14.9. The third-order valence-electron chi connectivity index (χ3n) is 5.11. The molecule has 1 fully saturated rings. The van der Waals surface area contributed by atoms with E-state index in [-0.39, 0.29) is 11.4 Å². The minimum absolute atomic E-state index is 0.139. The van der Waals surface area contributed by atoms with Crippen LogP contribution in [0.3, 0.4) is 0 Å². The fourth-order valence-electron chi connectivity index (χ4n) is 3.83. The van der Waals surface area contributed by atoms with Crippen LogP contribution >= 0.6 is 0 Å². The summed E-state index contributed by atoms with van der Waals surface area (Å²) in [6.45, 7) is 0.551. The molecule has 2 aromatic carbocycles. The van der Waals surface area contributed by atoms with E-state index in [0.717, 1.165) is 48.2 Å². The Balaban J connectivity index is 1.60. The molecule has 0 saturated heterocycles. The highest BCUT2D eigenvalue weighted by atomic mass is 19.1. The van der Waals surface area contributed by atoms with Crippen molar-refractivity contribution in [1.82, 2.24) is 20.7 Å². The van der Waals surface area contributed by atoms with E-state index in [1.165, 1.54) is 0 Å². The van der Waals surface area contributed by atoms with Crippen molar-refractivity contribution in [2.45, 2.75) is 37.8 Å². The summed E-state index contributed by atoms with van der Waals surface area (Å²) in [4.78, 5) is 0. The van der Waals surface area contributed by atoms with E-state index in [1.54, 1.807) is 12.1 Å². The lowest BCUT2D eigenvalue weighted by atomic mass is 9.87. The van der Waals surface area contributed by atoms with Crippen LogP contribution in [0.2, 0.25) is 0 Å². The van der Waals surface area contributed by atoms with Gasteiger partial charge in [-0.15, -0.1) is 0 Å². The number of benzene rings is 2. The Labute approximate surface area is 146 Å². The number of hydrogen-bond acceptors (Lipinski definition) is 3. The molecule has 4 nitrogen and oxygen atoms in total. The third-order valence-corrected chi connectivity index (χ3v) is 5.11. The minimum atomic E-state index is -0.321. The Morgan fingerprint density at radius 2 is 1.68 bits per heavy atom. The second-order valence-electron chi connectivity index (χ2n) is 6.61. The van der Waals surface area contributed by atoms with Crippen LogP contribution < -0.4 is 5.32 Å². The highest BCUT2D eigenvalue weighted by molar-refractivity contribution is 5.60. The van der Waals surface area contributed by atoms with Crippen LogP contribution in [-0.2, 0) is 12.1 Å². The monoisotopic (exact) mass is 336 g/mol. The van der Waals surface area contributed by atoms with Crippen molar-refractivity contribution in [1.29, 1.82) is 0 Å². The first kappa shape index (κ1) is 16.0. The number of hydrogen-bond donors (Lipinski definition) is 2. The van der Waals surface area contributed by atoms with Crippen molar-refractivity contribution in [3.05, 3.63) is 71.7 Å². The summed E-state index contributed by atoms with van der Waals surface area (Å²) in [5.41, 5.74) is 3.17. The maximum atomic E-state index is 14.4. The Kier molecular flexibility index (Phi) is 4.32. The van der Waals surface area contributed by atoms with Gasteiger partial charge >= 0.3 is 0 Å². The van der Waals surface area contributed by atoms with E-state index in [1.807, 2.05) is 42.5 Å². The lowest BCUT2D eigenvalue weighted by Crippen LogP contribution is -2.40. The summed E-state index contributed by atoms with van der Waals surface area (Å²) < 4.78 is 14.4. The highest BCUT2D eigenvalue weighted by Gasteiger charge is 2.37. The standard InChI is InChI=1S/C20H21FN4/c21-17-11-5-4-10-16(17)20(12-6-7-13-20)22-14-18-19(24-25-23-18)15-8-2-1-3-9-15/h1-5,8-11,22H,6-7,12-14H2,(H,23,24,25). The molecule has 1 aliphatic carbocycles. The molecule has 0 atom stereocenters. The average molecular weight is 336 g/mol. The van der Waals surface area contributed by atoms with Gasteiger partial charge in [-0.1, -0.05) is 61.4 Å². The second-order valence-corrected chi connectivity index (χ2v) is 6.61. The molecule has 3 aromatic rings. The number of halogens is 1. The molecule has 4 rings (SSSR count). The third kappa shape index (κ3) is 3.07. The number of aromatic nitrogens is 3. The van der Waals surface area contributed by atoms with E-state index in [4.69, 9.17) is 0 Å². The zero-order chi connectivity index (χ0) is 17.1. The zero-order valence-electron chi connectivity index (χ0n) is 14.0. The molecule has 128 valence electrons. The van der Waals surface area contributed by atoms with Gasteiger partial charge in [0.2, 0.25) is 0 Å². The fraction of sp³-hybridized carbons (Fsp3) is 0.300. The van der Waals surface area contributed by atoms with Gasteiger partial charge in [0, 0.05) is 23.2 Å². The highest BCUT2D eigenvalue weighted by Crippen LogP contribution is 2.40. The first-order valence-electron chi connectivity index (χ1n) is 8.74. The quantitative estimate of drug-likeness (QED) is 0.735. The van der Waals surface area contributed by atoms with Crippen molar-refractivity contribution in [2.75, 3.05) is 0 Å². The molecule has 5 heteroatoms. The van der Waals surface area contributed by atoms with Crippen molar-refractivity contribution in [3.8, 4) is 11.3 Å². The number of H-pyrrole nitrogens is 1. The fourth-order valence-corrected chi connectivity index (χ4v) is 3.83.